The van der Waals surface area contributed by atoms with Gasteiger partial charge in [-0.3, -0.25) is 9.69 Å². The molecule has 2 aromatic carbocycles. The topological polar surface area (TPSA) is 71.4 Å². The summed E-state index contributed by atoms with van der Waals surface area (Å²) in [5.41, 5.74) is 11.5. The number of rotatable bonds is 6. The molecule has 3 N–H and O–H groups in total. The molecular weight excluding hydrogens is 362 g/mol. The summed E-state index contributed by atoms with van der Waals surface area (Å²) in [6.45, 7) is 5.95. The molecule has 0 amide bonds. The molecule has 1 aliphatic rings. The Morgan fingerprint density at radius 3 is 2.48 bits per heavy atom. The van der Waals surface area contributed by atoms with Crippen LogP contribution in [-0.2, 0) is 16.0 Å². The normalized spacial score (nSPS) is 16.0. The van der Waals surface area contributed by atoms with E-state index in [4.69, 9.17) is 10.5 Å². The molecule has 4 rings (SSSR count). The molecule has 29 heavy (non-hydrogen) atoms. The highest BCUT2D eigenvalue weighted by Gasteiger charge is 2.22. The summed E-state index contributed by atoms with van der Waals surface area (Å²) in [7, 11) is 0. The fourth-order valence-corrected chi connectivity index (χ4v) is 4.03. The van der Waals surface area contributed by atoms with Gasteiger partial charge in [-0.1, -0.05) is 48.5 Å². The number of carbonyl (C=O) groups excluding carboxylic acids is 1. The minimum atomic E-state index is -0.0365. The Labute approximate surface area is 171 Å². The molecular formula is C24H27N3O2. The monoisotopic (exact) mass is 389 g/mol. The number of nitrogens with zero attached hydrogens (tertiary/aromatic N) is 1. The summed E-state index contributed by atoms with van der Waals surface area (Å²) >= 11 is 0. The van der Waals surface area contributed by atoms with Crippen molar-refractivity contribution >= 4 is 28.0 Å². The molecule has 5 nitrogen and oxygen atoms in total. The van der Waals surface area contributed by atoms with Crippen molar-refractivity contribution in [2.45, 2.75) is 13.3 Å². The SMILES string of the molecule is CC(=O)C(=C(N)c1ccccc1)c1[nH]c2ccccc2c1CCN1CCOCC1. The molecule has 0 aliphatic carbocycles. The number of fused-ring (bicyclic) bond motifs is 1. The van der Waals surface area contributed by atoms with E-state index in [-0.39, 0.29) is 5.78 Å². The van der Waals surface area contributed by atoms with Crippen molar-refractivity contribution in [1.82, 2.24) is 9.88 Å². The van der Waals surface area contributed by atoms with E-state index in [1.165, 1.54) is 0 Å². The number of para-hydroxylation sites is 1. The lowest BCUT2D eigenvalue weighted by atomic mass is 9.96. The first kappa shape index (κ1) is 19.4. The van der Waals surface area contributed by atoms with Crippen LogP contribution in [-0.4, -0.2) is 48.5 Å². The van der Waals surface area contributed by atoms with Crippen LogP contribution in [0.3, 0.4) is 0 Å². The molecule has 0 saturated carbocycles. The number of carbonyl (C=O) groups is 1. The maximum atomic E-state index is 12.7. The molecule has 1 fully saturated rings. The van der Waals surface area contributed by atoms with Gasteiger partial charge < -0.3 is 15.5 Å². The van der Waals surface area contributed by atoms with Gasteiger partial charge in [-0.05, 0) is 30.5 Å². The third kappa shape index (κ3) is 4.11. The molecule has 0 bridgehead atoms. The maximum Gasteiger partial charge on any atom is 0.164 e. The van der Waals surface area contributed by atoms with E-state index < -0.39 is 0 Å². The van der Waals surface area contributed by atoms with Gasteiger partial charge in [-0.25, -0.2) is 0 Å². The summed E-state index contributed by atoms with van der Waals surface area (Å²) in [6.07, 6.45) is 0.845. The zero-order valence-corrected chi connectivity index (χ0v) is 16.8. The standard InChI is InChI=1S/C24H27N3O2/c1-17(28)22(23(25)18-7-3-2-4-8-18)24-20(11-12-27-13-15-29-16-14-27)19-9-5-6-10-21(19)26-24/h2-10,26H,11-16,25H2,1H3. The van der Waals surface area contributed by atoms with Crippen LogP contribution in [0.15, 0.2) is 54.6 Å². The number of hydrogen-bond donors (Lipinski definition) is 2. The number of aromatic nitrogens is 1. The molecule has 0 radical (unpaired) electrons. The molecule has 1 saturated heterocycles. The quantitative estimate of drug-likeness (QED) is 0.634. The number of aromatic amines is 1. The van der Waals surface area contributed by atoms with Gasteiger partial charge >= 0.3 is 0 Å². The minimum Gasteiger partial charge on any atom is -0.398 e. The van der Waals surface area contributed by atoms with E-state index in [2.05, 4.69) is 16.0 Å². The molecule has 3 aromatic rings. The van der Waals surface area contributed by atoms with Crippen LogP contribution in [0.1, 0.15) is 23.7 Å². The van der Waals surface area contributed by atoms with Crippen LogP contribution in [0.5, 0.6) is 0 Å². The summed E-state index contributed by atoms with van der Waals surface area (Å²) in [6, 6.07) is 17.9. The average Bonchev–Trinajstić information content (AvgIpc) is 3.11. The fourth-order valence-electron chi connectivity index (χ4n) is 4.03. The summed E-state index contributed by atoms with van der Waals surface area (Å²) < 4.78 is 5.46. The predicted octanol–water partition coefficient (Wildman–Crippen LogP) is 3.46. The van der Waals surface area contributed by atoms with Crippen LogP contribution < -0.4 is 5.73 Å². The summed E-state index contributed by atoms with van der Waals surface area (Å²) in [4.78, 5) is 18.6. The average molecular weight is 389 g/mol. The Bertz CT molecular complexity index is 1030. The summed E-state index contributed by atoms with van der Waals surface area (Å²) in [5, 5.41) is 1.15. The van der Waals surface area contributed by atoms with Crippen molar-refractivity contribution in [3.63, 3.8) is 0 Å². The lowest BCUT2D eigenvalue weighted by Gasteiger charge is -2.26. The summed E-state index contributed by atoms with van der Waals surface area (Å²) in [5.74, 6) is -0.0365. The predicted molar refractivity (Wildman–Crippen MR) is 117 cm³/mol. The highest BCUT2D eigenvalue weighted by atomic mass is 16.5. The molecule has 0 spiro atoms. The fraction of sp³-hybridized carbons (Fsp3) is 0.292. The Kier molecular flexibility index (Phi) is 5.79. The number of ether oxygens (including phenoxy) is 1. The van der Waals surface area contributed by atoms with Crippen molar-refractivity contribution in [1.29, 1.82) is 0 Å². The van der Waals surface area contributed by atoms with Crippen molar-refractivity contribution in [2.24, 2.45) is 5.73 Å². The number of morpholine rings is 1. The minimum absolute atomic E-state index is 0.0365. The number of benzene rings is 2. The third-order valence-electron chi connectivity index (χ3n) is 5.55. The molecule has 5 heteroatoms. The largest absolute Gasteiger partial charge is 0.398 e. The number of H-pyrrole nitrogens is 1. The van der Waals surface area contributed by atoms with Gasteiger partial charge in [0.15, 0.2) is 5.78 Å². The lowest BCUT2D eigenvalue weighted by molar-refractivity contribution is -0.111. The zero-order chi connectivity index (χ0) is 20.2. The van der Waals surface area contributed by atoms with E-state index >= 15 is 0 Å². The van der Waals surface area contributed by atoms with Crippen molar-refractivity contribution in [3.8, 4) is 0 Å². The number of nitrogens with one attached hydrogen (secondary N) is 1. The first-order valence-electron chi connectivity index (χ1n) is 10.1. The van der Waals surface area contributed by atoms with Crippen molar-refractivity contribution in [3.05, 3.63) is 71.4 Å². The molecule has 1 aliphatic heterocycles. The number of allylic oxidation sites excluding steroid dienone is 1. The van der Waals surface area contributed by atoms with Crippen molar-refractivity contribution in [2.75, 3.05) is 32.8 Å². The highest BCUT2D eigenvalue weighted by molar-refractivity contribution is 6.27. The first-order valence-corrected chi connectivity index (χ1v) is 10.1. The third-order valence-corrected chi connectivity index (χ3v) is 5.55. The molecule has 0 unspecified atom stereocenters. The lowest BCUT2D eigenvalue weighted by Crippen LogP contribution is -2.37. The second-order valence-electron chi connectivity index (χ2n) is 7.44. The van der Waals surface area contributed by atoms with Crippen LogP contribution in [0, 0.1) is 0 Å². The number of Topliss-reactive ketones (excluding diaryl/α,β-unsaturated/α-hetero) is 1. The van der Waals surface area contributed by atoms with Gasteiger partial charge in [0.1, 0.15) is 0 Å². The van der Waals surface area contributed by atoms with E-state index in [9.17, 15) is 4.79 Å². The molecule has 2 heterocycles. The number of nitrogens with two attached hydrogens (primary N) is 1. The van der Waals surface area contributed by atoms with Crippen molar-refractivity contribution < 1.29 is 9.53 Å². The Morgan fingerprint density at radius 1 is 1.07 bits per heavy atom. The van der Waals surface area contributed by atoms with E-state index in [1.807, 2.05) is 48.5 Å². The molecule has 150 valence electrons. The number of ketones is 1. The first-order chi connectivity index (χ1) is 14.1. The number of hydrogen-bond acceptors (Lipinski definition) is 4. The van der Waals surface area contributed by atoms with Gasteiger partial charge in [0, 0.05) is 30.5 Å². The van der Waals surface area contributed by atoms with Gasteiger partial charge in [0.25, 0.3) is 0 Å². The van der Waals surface area contributed by atoms with Gasteiger partial charge in [0.05, 0.1) is 30.2 Å². The Morgan fingerprint density at radius 2 is 1.76 bits per heavy atom. The molecule has 1 aromatic heterocycles. The molecule has 0 atom stereocenters. The second kappa shape index (κ2) is 8.64. The van der Waals surface area contributed by atoms with E-state index in [0.717, 1.165) is 67.0 Å². The maximum absolute atomic E-state index is 12.7. The van der Waals surface area contributed by atoms with Crippen LogP contribution in [0.2, 0.25) is 0 Å². The second-order valence-corrected chi connectivity index (χ2v) is 7.44. The van der Waals surface area contributed by atoms with Crippen LogP contribution in [0.25, 0.3) is 22.2 Å². The van der Waals surface area contributed by atoms with Crippen LogP contribution in [0.4, 0.5) is 0 Å². The zero-order valence-electron chi connectivity index (χ0n) is 16.8. The highest BCUT2D eigenvalue weighted by Crippen LogP contribution is 2.31. The van der Waals surface area contributed by atoms with Crippen LogP contribution >= 0.6 is 0 Å². The van der Waals surface area contributed by atoms with Gasteiger partial charge in [-0.15, -0.1) is 0 Å². The Balaban J connectivity index is 1.79. The smallest absolute Gasteiger partial charge is 0.164 e. The van der Waals surface area contributed by atoms with Gasteiger partial charge in [-0.2, -0.15) is 0 Å². The van der Waals surface area contributed by atoms with E-state index in [0.29, 0.717) is 11.3 Å². The van der Waals surface area contributed by atoms with Gasteiger partial charge in [0.2, 0.25) is 0 Å². The van der Waals surface area contributed by atoms with E-state index in [1.54, 1.807) is 6.92 Å². The Hall–Kier alpha value is -2.89.